The lowest BCUT2D eigenvalue weighted by Gasteiger charge is -2.53. The lowest BCUT2D eigenvalue weighted by atomic mass is 9.86. The normalized spacial score (nSPS) is 28.5. The minimum absolute atomic E-state index is 0.0620. The van der Waals surface area contributed by atoms with Crippen LogP contribution in [-0.4, -0.2) is 52.8 Å². The number of amides is 2. The average molecular weight is 355 g/mol. The standard InChI is InChI=1S/C21H29N3O2/c1-21(2)13-23(10-11-24(21)16-4-3-5-16)20(26)18-12-17(18)14-6-8-15(9-7-14)19(22)25/h6-9,16-18H,3-5,10-13H2,1-2H3,(H2,22,25)/t17-,18+/m0/s1. The van der Waals surface area contributed by atoms with Crippen molar-refractivity contribution in [3.05, 3.63) is 35.4 Å². The molecule has 26 heavy (non-hydrogen) atoms. The van der Waals surface area contributed by atoms with Crippen molar-refractivity contribution in [1.29, 1.82) is 0 Å². The molecule has 0 aromatic heterocycles. The first-order valence-corrected chi connectivity index (χ1v) is 9.82. The predicted octanol–water partition coefficient (Wildman–Crippen LogP) is 2.36. The van der Waals surface area contributed by atoms with Crippen LogP contribution in [0, 0.1) is 5.92 Å². The summed E-state index contributed by atoms with van der Waals surface area (Å²) in [6.07, 6.45) is 4.88. The second-order valence-electron chi connectivity index (χ2n) is 8.79. The van der Waals surface area contributed by atoms with Gasteiger partial charge in [-0.2, -0.15) is 0 Å². The first-order valence-electron chi connectivity index (χ1n) is 9.82. The zero-order chi connectivity index (χ0) is 18.5. The predicted molar refractivity (Wildman–Crippen MR) is 101 cm³/mol. The van der Waals surface area contributed by atoms with E-state index in [1.54, 1.807) is 12.1 Å². The molecule has 2 amide bonds. The number of carbonyl (C=O) groups is 2. The van der Waals surface area contributed by atoms with Crippen molar-refractivity contribution in [2.75, 3.05) is 19.6 Å². The van der Waals surface area contributed by atoms with Crippen molar-refractivity contribution in [2.24, 2.45) is 11.7 Å². The number of benzene rings is 1. The van der Waals surface area contributed by atoms with Crippen molar-refractivity contribution in [2.45, 2.75) is 57.0 Å². The van der Waals surface area contributed by atoms with Gasteiger partial charge in [0.15, 0.2) is 0 Å². The lowest BCUT2D eigenvalue weighted by molar-refractivity contribution is -0.139. The Bertz CT molecular complexity index is 708. The summed E-state index contributed by atoms with van der Waals surface area (Å²) in [6, 6.07) is 8.13. The van der Waals surface area contributed by atoms with E-state index in [0.29, 0.717) is 11.5 Å². The molecule has 140 valence electrons. The summed E-state index contributed by atoms with van der Waals surface area (Å²) in [5.74, 6) is 0.277. The van der Waals surface area contributed by atoms with Crippen molar-refractivity contribution >= 4 is 11.8 Å². The fourth-order valence-electron chi connectivity index (χ4n) is 4.70. The Balaban J connectivity index is 1.37. The van der Waals surface area contributed by atoms with Crippen LogP contribution >= 0.6 is 0 Å². The van der Waals surface area contributed by atoms with Gasteiger partial charge in [0.25, 0.3) is 0 Å². The maximum absolute atomic E-state index is 13.0. The second kappa shape index (κ2) is 6.38. The minimum atomic E-state index is -0.411. The molecule has 0 spiro atoms. The summed E-state index contributed by atoms with van der Waals surface area (Å²) >= 11 is 0. The Morgan fingerprint density at radius 2 is 1.81 bits per heavy atom. The monoisotopic (exact) mass is 355 g/mol. The highest BCUT2D eigenvalue weighted by atomic mass is 16.2. The molecular formula is C21H29N3O2. The third kappa shape index (κ3) is 3.13. The Morgan fingerprint density at radius 1 is 1.12 bits per heavy atom. The molecule has 3 fully saturated rings. The molecule has 4 rings (SSSR count). The highest BCUT2D eigenvalue weighted by Crippen LogP contribution is 2.49. The molecule has 0 radical (unpaired) electrons. The fraction of sp³-hybridized carbons (Fsp3) is 0.619. The Hall–Kier alpha value is -1.88. The molecule has 5 heteroatoms. The van der Waals surface area contributed by atoms with Crippen LogP contribution in [0.15, 0.2) is 24.3 Å². The van der Waals surface area contributed by atoms with Crippen LogP contribution in [0.4, 0.5) is 0 Å². The van der Waals surface area contributed by atoms with Crippen molar-refractivity contribution < 1.29 is 9.59 Å². The van der Waals surface area contributed by atoms with Crippen LogP contribution in [0.2, 0.25) is 0 Å². The topological polar surface area (TPSA) is 66.6 Å². The average Bonchev–Trinajstić information content (AvgIpc) is 3.34. The number of nitrogens with two attached hydrogens (primary N) is 1. The summed E-state index contributed by atoms with van der Waals surface area (Å²) in [6.45, 7) is 7.22. The Kier molecular flexibility index (Phi) is 4.30. The summed E-state index contributed by atoms with van der Waals surface area (Å²) in [4.78, 5) is 28.9. The zero-order valence-corrected chi connectivity index (χ0v) is 15.8. The van der Waals surface area contributed by atoms with E-state index in [-0.39, 0.29) is 17.4 Å². The molecule has 2 N–H and O–H groups in total. The highest BCUT2D eigenvalue weighted by molar-refractivity contribution is 5.92. The van der Waals surface area contributed by atoms with Gasteiger partial charge in [-0.15, -0.1) is 0 Å². The van der Waals surface area contributed by atoms with E-state index >= 15 is 0 Å². The van der Waals surface area contributed by atoms with Crippen molar-refractivity contribution in [3.8, 4) is 0 Å². The zero-order valence-electron chi connectivity index (χ0n) is 15.8. The molecule has 2 saturated carbocycles. The second-order valence-corrected chi connectivity index (χ2v) is 8.79. The first kappa shape index (κ1) is 17.5. The molecule has 1 aromatic rings. The number of hydrogen-bond donors (Lipinski definition) is 1. The van der Waals surface area contributed by atoms with E-state index in [9.17, 15) is 9.59 Å². The Morgan fingerprint density at radius 3 is 2.35 bits per heavy atom. The molecule has 2 atom stereocenters. The van der Waals surface area contributed by atoms with Gasteiger partial charge < -0.3 is 10.6 Å². The SMILES string of the molecule is CC1(C)CN(C(=O)[C@@H]2C[C@H]2c2ccc(C(N)=O)cc2)CCN1C1CCC1. The molecule has 2 aliphatic carbocycles. The number of rotatable bonds is 4. The molecule has 1 saturated heterocycles. The largest absolute Gasteiger partial charge is 0.366 e. The highest BCUT2D eigenvalue weighted by Gasteiger charge is 2.48. The van der Waals surface area contributed by atoms with E-state index in [1.165, 1.54) is 19.3 Å². The smallest absolute Gasteiger partial charge is 0.248 e. The molecule has 1 aliphatic heterocycles. The van der Waals surface area contributed by atoms with E-state index < -0.39 is 5.91 Å². The fourth-order valence-corrected chi connectivity index (χ4v) is 4.70. The Labute approximate surface area is 155 Å². The summed E-state index contributed by atoms with van der Waals surface area (Å²) < 4.78 is 0. The van der Waals surface area contributed by atoms with Gasteiger partial charge in [-0.25, -0.2) is 0 Å². The maximum Gasteiger partial charge on any atom is 0.248 e. The lowest BCUT2D eigenvalue weighted by Crippen LogP contribution is -2.64. The minimum Gasteiger partial charge on any atom is -0.366 e. The number of nitrogens with zero attached hydrogens (tertiary/aromatic N) is 2. The van der Waals surface area contributed by atoms with E-state index in [4.69, 9.17) is 5.73 Å². The maximum atomic E-state index is 13.0. The van der Waals surface area contributed by atoms with Crippen LogP contribution in [0.25, 0.3) is 0 Å². The van der Waals surface area contributed by atoms with E-state index in [0.717, 1.165) is 37.7 Å². The number of hydrogen-bond acceptors (Lipinski definition) is 3. The summed E-state index contributed by atoms with van der Waals surface area (Å²) in [7, 11) is 0. The third-order valence-electron chi connectivity index (χ3n) is 6.52. The van der Waals surface area contributed by atoms with Gasteiger partial charge in [0.2, 0.25) is 11.8 Å². The first-order chi connectivity index (χ1) is 12.4. The molecule has 1 aromatic carbocycles. The third-order valence-corrected chi connectivity index (χ3v) is 6.52. The van der Waals surface area contributed by atoms with Crippen LogP contribution in [0.3, 0.4) is 0 Å². The summed E-state index contributed by atoms with van der Waals surface area (Å²) in [5.41, 5.74) is 7.02. The van der Waals surface area contributed by atoms with Gasteiger partial charge in [-0.05, 0) is 56.7 Å². The van der Waals surface area contributed by atoms with Crippen LogP contribution < -0.4 is 5.73 Å². The molecular weight excluding hydrogens is 326 g/mol. The summed E-state index contributed by atoms with van der Waals surface area (Å²) in [5, 5.41) is 0. The van der Waals surface area contributed by atoms with Gasteiger partial charge >= 0.3 is 0 Å². The number of carbonyl (C=O) groups excluding carboxylic acids is 2. The van der Waals surface area contributed by atoms with Gasteiger partial charge in [-0.1, -0.05) is 18.6 Å². The van der Waals surface area contributed by atoms with Gasteiger partial charge in [-0.3, -0.25) is 14.5 Å². The van der Waals surface area contributed by atoms with Crippen molar-refractivity contribution in [1.82, 2.24) is 9.80 Å². The van der Waals surface area contributed by atoms with E-state index in [1.807, 2.05) is 12.1 Å². The number of primary amides is 1. The molecule has 3 aliphatic rings. The quantitative estimate of drug-likeness (QED) is 0.902. The van der Waals surface area contributed by atoms with Gasteiger partial charge in [0.1, 0.15) is 0 Å². The molecule has 0 bridgehead atoms. The van der Waals surface area contributed by atoms with Gasteiger partial charge in [0.05, 0.1) is 0 Å². The van der Waals surface area contributed by atoms with Crippen molar-refractivity contribution in [3.63, 3.8) is 0 Å². The van der Waals surface area contributed by atoms with Gasteiger partial charge in [0, 0.05) is 42.7 Å². The van der Waals surface area contributed by atoms with Crippen LogP contribution in [0.5, 0.6) is 0 Å². The number of piperazine rings is 1. The van der Waals surface area contributed by atoms with Crippen LogP contribution in [0.1, 0.15) is 61.4 Å². The molecule has 5 nitrogen and oxygen atoms in total. The molecule has 0 unspecified atom stereocenters. The van der Waals surface area contributed by atoms with E-state index in [2.05, 4.69) is 23.6 Å². The molecule has 1 heterocycles. The van der Waals surface area contributed by atoms with Crippen LogP contribution in [-0.2, 0) is 4.79 Å².